The number of nitro groups is 1. The van der Waals surface area contributed by atoms with Gasteiger partial charge < -0.3 is 14.3 Å². The number of aromatic nitrogens is 1. The molecule has 0 unspecified atom stereocenters. The molecule has 0 spiro atoms. The second-order valence-electron chi connectivity index (χ2n) is 5.33. The minimum atomic E-state index is -0.528. The topological polar surface area (TPSA) is 90.3 Å². The van der Waals surface area contributed by atoms with Crippen molar-refractivity contribution < 1.29 is 14.1 Å². The Hall–Kier alpha value is -3.09. The van der Waals surface area contributed by atoms with E-state index in [1.54, 1.807) is 14.0 Å². The molecule has 0 fully saturated rings. The quantitative estimate of drug-likeness (QED) is 0.591. The first-order chi connectivity index (χ1) is 11.0. The van der Waals surface area contributed by atoms with Crippen molar-refractivity contribution in [2.24, 2.45) is 7.05 Å². The second kappa shape index (κ2) is 5.60. The van der Waals surface area contributed by atoms with Crippen LogP contribution in [0.25, 0.3) is 11.0 Å². The molecule has 0 radical (unpaired) electrons. The molecule has 0 aliphatic carbocycles. The number of hydrogen-bond acceptors (Lipinski definition) is 4. The van der Waals surface area contributed by atoms with Gasteiger partial charge in [-0.25, -0.2) is 0 Å². The molecule has 2 aromatic heterocycles. The maximum absolute atomic E-state index is 12.3. The second-order valence-corrected chi connectivity index (χ2v) is 5.33. The number of benzene rings is 1. The van der Waals surface area contributed by atoms with Gasteiger partial charge in [0, 0.05) is 18.5 Å². The Labute approximate surface area is 131 Å². The van der Waals surface area contributed by atoms with Crippen LogP contribution in [0.1, 0.15) is 29.2 Å². The highest BCUT2D eigenvalue weighted by Gasteiger charge is 2.20. The number of aryl methyl sites for hydroxylation is 1. The van der Waals surface area contributed by atoms with Crippen LogP contribution in [0.4, 0.5) is 5.69 Å². The fourth-order valence-electron chi connectivity index (χ4n) is 2.43. The average molecular weight is 313 g/mol. The summed E-state index contributed by atoms with van der Waals surface area (Å²) >= 11 is 0. The summed E-state index contributed by atoms with van der Waals surface area (Å²) in [5.74, 6) is 0.233. The summed E-state index contributed by atoms with van der Waals surface area (Å²) in [5.41, 5.74) is 0.854. The molecule has 1 amide bonds. The van der Waals surface area contributed by atoms with Crippen LogP contribution in [0, 0.1) is 10.1 Å². The van der Waals surface area contributed by atoms with E-state index in [0.717, 1.165) is 11.0 Å². The number of fused-ring (bicyclic) bond motifs is 1. The number of carbonyl (C=O) groups excluding carboxylic acids is 1. The van der Waals surface area contributed by atoms with E-state index in [2.05, 4.69) is 5.32 Å². The van der Waals surface area contributed by atoms with Gasteiger partial charge in [0.2, 0.25) is 0 Å². The number of nitrogens with zero attached hydrogens (tertiary/aromatic N) is 2. The van der Waals surface area contributed by atoms with Gasteiger partial charge in [0.15, 0.2) is 0 Å². The fourth-order valence-corrected chi connectivity index (χ4v) is 2.43. The number of rotatable bonds is 4. The van der Waals surface area contributed by atoms with Crippen LogP contribution in [0.5, 0.6) is 0 Å². The lowest BCUT2D eigenvalue weighted by Gasteiger charge is -2.11. The van der Waals surface area contributed by atoms with Crippen LogP contribution >= 0.6 is 0 Å². The molecule has 0 aliphatic rings. The molecule has 7 heteroatoms. The average Bonchev–Trinajstić information content (AvgIpc) is 3.10. The monoisotopic (exact) mass is 313 g/mol. The van der Waals surface area contributed by atoms with Crippen molar-refractivity contribution in [3.05, 3.63) is 64.2 Å². The molecule has 0 aliphatic heterocycles. The molecule has 7 nitrogen and oxygen atoms in total. The van der Waals surface area contributed by atoms with Crippen LogP contribution in [-0.4, -0.2) is 15.4 Å². The van der Waals surface area contributed by atoms with E-state index in [9.17, 15) is 14.9 Å². The van der Waals surface area contributed by atoms with Gasteiger partial charge in [-0.1, -0.05) is 18.2 Å². The number of para-hydroxylation sites is 1. The van der Waals surface area contributed by atoms with Gasteiger partial charge in [0.25, 0.3) is 11.6 Å². The van der Waals surface area contributed by atoms with E-state index in [0.29, 0.717) is 5.76 Å². The fraction of sp³-hybridized carbons (Fsp3) is 0.188. The van der Waals surface area contributed by atoms with Crippen molar-refractivity contribution >= 4 is 22.6 Å². The van der Waals surface area contributed by atoms with Crippen molar-refractivity contribution in [2.75, 3.05) is 0 Å². The lowest BCUT2D eigenvalue weighted by atomic mass is 10.2. The summed E-state index contributed by atoms with van der Waals surface area (Å²) in [6, 6.07) is 10.3. The maximum Gasteiger partial charge on any atom is 0.287 e. The van der Waals surface area contributed by atoms with E-state index < -0.39 is 10.8 Å². The van der Waals surface area contributed by atoms with Crippen molar-refractivity contribution in [1.29, 1.82) is 0 Å². The molecular weight excluding hydrogens is 298 g/mol. The standard InChI is InChI=1S/C16H15N3O4/c1-10(15-7-11-5-3-4-6-14(11)23-15)17-16(20)13-8-12(19(21)22)9-18(13)2/h3-10H,1-2H3,(H,17,20)/t10-/m0/s1. The highest BCUT2D eigenvalue weighted by molar-refractivity contribution is 5.93. The molecule has 23 heavy (non-hydrogen) atoms. The Morgan fingerprint density at radius 1 is 1.35 bits per heavy atom. The van der Waals surface area contributed by atoms with Crippen molar-refractivity contribution in [1.82, 2.24) is 9.88 Å². The molecule has 2 heterocycles. The Morgan fingerprint density at radius 3 is 2.74 bits per heavy atom. The van der Waals surface area contributed by atoms with Crippen LogP contribution in [0.15, 0.2) is 47.0 Å². The Kier molecular flexibility index (Phi) is 3.61. The van der Waals surface area contributed by atoms with Gasteiger partial charge in [-0.3, -0.25) is 14.9 Å². The summed E-state index contributed by atoms with van der Waals surface area (Å²) in [4.78, 5) is 22.6. The van der Waals surface area contributed by atoms with E-state index >= 15 is 0 Å². The number of nitrogens with one attached hydrogen (secondary N) is 1. The normalized spacial score (nSPS) is 12.3. The van der Waals surface area contributed by atoms with Crippen molar-refractivity contribution in [3.8, 4) is 0 Å². The largest absolute Gasteiger partial charge is 0.459 e. The first-order valence-electron chi connectivity index (χ1n) is 7.06. The summed E-state index contributed by atoms with van der Waals surface area (Å²) < 4.78 is 7.14. The Balaban J connectivity index is 1.80. The zero-order valence-corrected chi connectivity index (χ0v) is 12.6. The zero-order chi connectivity index (χ0) is 16.6. The molecular formula is C16H15N3O4. The molecule has 1 N–H and O–H groups in total. The minimum Gasteiger partial charge on any atom is -0.459 e. The predicted molar refractivity (Wildman–Crippen MR) is 84.2 cm³/mol. The third-order valence-corrected chi connectivity index (χ3v) is 3.65. The molecule has 3 rings (SSSR count). The third-order valence-electron chi connectivity index (χ3n) is 3.65. The molecule has 1 aromatic carbocycles. The van der Waals surface area contributed by atoms with Crippen LogP contribution in [0.2, 0.25) is 0 Å². The van der Waals surface area contributed by atoms with E-state index in [1.165, 1.54) is 16.8 Å². The molecule has 0 saturated carbocycles. The SMILES string of the molecule is C[C@H](NC(=O)c1cc([N+](=O)[O-])cn1C)c1cc2ccccc2o1. The zero-order valence-electron chi connectivity index (χ0n) is 12.6. The molecule has 1 atom stereocenters. The highest BCUT2D eigenvalue weighted by Crippen LogP contribution is 2.24. The van der Waals surface area contributed by atoms with E-state index in [-0.39, 0.29) is 17.4 Å². The van der Waals surface area contributed by atoms with Crippen LogP contribution in [0.3, 0.4) is 0 Å². The van der Waals surface area contributed by atoms with Crippen LogP contribution < -0.4 is 5.32 Å². The number of furan rings is 1. The van der Waals surface area contributed by atoms with Gasteiger partial charge in [0.1, 0.15) is 17.0 Å². The lowest BCUT2D eigenvalue weighted by Crippen LogP contribution is -2.27. The smallest absolute Gasteiger partial charge is 0.287 e. The summed E-state index contributed by atoms with van der Waals surface area (Å²) in [7, 11) is 1.59. The minimum absolute atomic E-state index is 0.117. The van der Waals surface area contributed by atoms with Gasteiger partial charge in [-0.15, -0.1) is 0 Å². The highest BCUT2D eigenvalue weighted by atomic mass is 16.6. The van der Waals surface area contributed by atoms with Gasteiger partial charge in [0.05, 0.1) is 17.2 Å². The summed E-state index contributed by atoms with van der Waals surface area (Å²) in [5, 5.41) is 14.5. The Bertz CT molecular complexity index is 861. The van der Waals surface area contributed by atoms with E-state index in [1.807, 2.05) is 30.3 Å². The number of hydrogen-bond donors (Lipinski definition) is 1. The molecule has 118 valence electrons. The first-order valence-corrected chi connectivity index (χ1v) is 7.06. The van der Waals surface area contributed by atoms with Crippen LogP contribution in [-0.2, 0) is 7.05 Å². The molecule has 0 saturated heterocycles. The van der Waals surface area contributed by atoms with Crippen molar-refractivity contribution in [3.63, 3.8) is 0 Å². The lowest BCUT2D eigenvalue weighted by molar-refractivity contribution is -0.384. The molecule has 0 bridgehead atoms. The van der Waals surface area contributed by atoms with Gasteiger partial charge in [-0.2, -0.15) is 0 Å². The first kappa shape index (κ1) is 14.8. The van der Waals surface area contributed by atoms with E-state index in [4.69, 9.17) is 4.42 Å². The van der Waals surface area contributed by atoms with Crippen molar-refractivity contribution in [2.45, 2.75) is 13.0 Å². The maximum atomic E-state index is 12.3. The summed E-state index contributed by atoms with van der Waals surface area (Å²) in [6.45, 7) is 1.80. The van der Waals surface area contributed by atoms with Gasteiger partial charge >= 0.3 is 0 Å². The number of carbonyl (C=O) groups is 1. The number of amides is 1. The summed E-state index contributed by atoms with van der Waals surface area (Å²) in [6.07, 6.45) is 1.31. The third kappa shape index (κ3) is 2.80. The predicted octanol–water partition coefficient (Wildman–Crippen LogP) is 3.17. The Morgan fingerprint density at radius 2 is 2.09 bits per heavy atom. The molecule has 3 aromatic rings. The van der Waals surface area contributed by atoms with Gasteiger partial charge in [-0.05, 0) is 19.1 Å².